The van der Waals surface area contributed by atoms with E-state index in [1.807, 2.05) is 12.1 Å². The Morgan fingerprint density at radius 2 is 1.93 bits per heavy atom. The van der Waals surface area contributed by atoms with Gasteiger partial charge < -0.3 is 19.9 Å². The number of carbonyl (C=O) groups excluding carboxylic acids is 2. The summed E-state index contributed by atoms with van der Waals surface area (Å²) < 4.78 is 4.75. The molecular formula is C23H36N4O3. The van der Waals surface area contributed by atoms with Crippen LogP contribution >= 0.6 is 0 Å². The van der Waals surface area contributed by atoms with Gasteiger partial charge >= 0.3 is 5.97 Å². The van der Waals surface area contributed by atoms with Gasteiger partial charge in [0.1, 0.15) is 0 Å². The van der Waals surface area contributed by atoms with Crippen molar-refractivity contribution in [3.8, 4) is 0 Å². The van der Waals surface area contributed by atoms with Crippen molar-refractivity contribution in [3.63, 3.8) is 0 Å². The van der Waals surface area contributed by atoms with Gasteiger partial charge in [-0.1, -0.05) is 6.07 Å². The van der Waals surface area contributed by atoms with Gasteiger partial charge in [-0.25, -0.2) is 0 Å². The Labute approximate surface area is 180 Å². The molecule has 0 aromatic carbocycles. The van der Waals surface area contributed by atoms with E-state index >= 15 is 0 Å². The zero-order valence-corrected chi connectivity index (χ0v) is 18.4. The lowest BCUT2D eigenvalue weighted by atomic mass is 9.92. The highest BCUT2D eigenvalue weighted by Crippen LogP contribution is 2.25. The van der Waals surface area contributed by atoms with Gasteiger partial charge in [-0.05, 0) is 76.8 Å². The maximum Gasteiger partial charge on any atom is 0.305 e. The fraction of sp³-hybridized carbons (Fsp3) is 0.696. The van der Waals surface area contributed by atoms with Crippen LogP contribution in [0.25, 0.3) is 0 Å². The molecule has 1 amide bonds. The van der Waals surface area contributed by atoms with Crippen LogP contribution in [-0.2, 0) is 20.9 Å². The molecule has 0 aliphatic carbocycles. The molecule has 2 saturated heterocycles. The van der Waals surface area contributed by atoms with E-state index in [0.29, 0.717) is 25.0 Å². The SMILES string of the molecule is COC(=O)CC[C@@H](C)N1CCC(N2CCC(C(=O)NCc3cccnc3)CC2)CC1. The van der Waals surface area contributed by atoms with E-state index in [0.717, 1.165) is 51.0 Å². The highest BCUT2D eigenvalue weighted by atomic mass is 16.5. The maximum atomic E-state index is 12.5. The van der Waals surface area contributed by atoms with Crippen LogP contribution in [0.5, 0.6) is 0 Å². The normalized spacial score (nSPS) is 20.6. The summed E-state index contributed by atoms with van der Waals surface area (Å²) in [6.45, 7) is 6.94. The van der Waals surface area contributed by atoms with Gasteiger partial charge in [0.25, 0.3) is 0 Å². The molecule has 2 fully saturated rings. The second-order valence-corrected chi connectivity index (χ2v) is 8.62. The molecule has 30 heavy (non-hydrogen) atoms. The lowest BCUT2D eigenvalue weighted by Gasteiger charge is -2.43. The highest BCUT2D eigenvalue weighted by Gasteiger charge is 2.31. The molecule has 0 saturated carbocycles. The molecule has 2 aliphatic heterocycles. The Balaban J connectivity index is 1.34. The van der Waals surface area contributed by atoms with Crippen molar-refractivity contribution in [2.24, 2.45) is 5.92 Å². The zero-order chi connectivity index (χ0) is 21.3. The average Bonchev–Trinajstić information content (AvgIpc) is 2.81. The maximum absolute atomic E-state index is 12.5. The number of carbonyl (C=O) groups is 2. The smallest absolute Gasteiger partial charge is 0.305 e. The lowest BCUT2D eigenvalue weighted by Crippen LogP contribution is -2.50. The van der Waals surface area contributed by atoms with Crippen LogP contribution in [0, 0.1) is 5.92 Å². The molecule has 0 bridgehead atoms. The minimum Gasteiger partial charge on any atom is -0.469 e. The van der Waals surface area contributed by atoms with Gasteiger partial charge in [-0.3, -0.25) is 14.6 Å². The topological polar surface area (TPSA) is 74.8 Å². The summed E-state index contributed by atoms with van der Waals surface area (Å²) in [4.78, 5) is 33.1. The highest BCUT2D eigenvalue weighted by molar-refractivity contribution is 5.78. The molecule has 1 aromatic rings. The summed E-state index contributed by atoms with van der Waals surface area (Å²) in [5, 5.41) is 3.07. The molecule has 1 N–H and O–H groups in total. The molecular weight excluding hydrogens is 380 g/mol. The van der Waals surface area contributed by atoms with Crippen molar-refractivity contribution >= 4 is 11.9 Å². The fourth-order valence-corrected chi connectivity index (χ4v) is 4.67. The fourth-order valence-electron chi connectivity index (χ4n) is 4.67. The Hall–Kier alpha value is -1.99. The Morgan fingerprint density at radius 3 is 2.57 bits per heavy atom. The average molecular weight is 417 g/mol. The van der Waals surface area contributed by atoms with Crippen LogP contribution in [0.1, 0.15) is 51.0 Å². The molecule has 7 heteroatoms. The van der Waals surface area contributed by atoms with Crippen LogP contribution in [0.4, 0.5) is 0 Å². The van der Waals surface area contributed by atoms with Crippen molar-refractivity contribution in [1.29, 1.82) is 0 Å². The first-order valence-corrected chi connectivity index (χ1v) is 11.3. The molecule has 0 radical (unpaired) electrons. The summed E-state index contributed by atoms with van der Waals surface area (Å²) >= 11 is 0. The van der Waals surface area contributed by atoms with Gasteiger partial charge in [0, 0.05) is 43.4 Å². The lowest BCUT2D eigenvalue weighted by molar-refractivity contribution is -0.141. The Kier molecular flexibility index (Phi) is 8.63. The first-order valence-electron chi connectivity index (χ1n) is 11.3. The van der Waals surface area contributed by atoms with Gasteiger partial charge in [-0.15, -0.1) is 0 Å². The number of nitrogens with zero attached hydrogens (tertiary/aromatic N) is 3. The number of esters is 1. The first kappa shape index (κ1) is 22.7. The minimum absolute atomic E-state index is 0.121. The second-order valence-electron chi connectivity index (χ2n) is 8.62. The van der Waals surface area contributed by atoms with Gasteiger partial charge in [0.15, 0.2) is 0 Å². The van der Waals surface area contributed by atoms with Gasteiger partial charge in [0.2, 0.25) is 5.91 Å². The summed E-state index contributed by atoms with van der Waals surface area (Å²) in [5.74, 6) is 0.174. The number of hydrogen-bond acceptors (Lipinski definition) is 6. The molecule has 1 aromatic heterocycles. The minimum atomic E-state index is -0.121. The van der Waals surface area contributed by atoms with Crippen LogP contribution < -0.4 is 5.32 Å². The van der Waals surface area contributed by atoms with Crippen molar-refractivity contribution in [1.82, 2.24) is 20.1 Å². The summed E-state index contributed by atoms with van der Waals surface area (Å²) in [5.41, 5.74) is 1.04. The van der Waals surface area contributed by atoms with Gasteiger partial charge in [-0.2, -0.15) is 0 Å². The number of rotatable bonds is 8. The van der Waals surface area contributed by atoms with E-state index in [2.05, 4.69) is 27.0 Å². The summed E-state index contributed by atoms with van der Waals surface area (Å²) in [6, 6.07) is 4.91. The van der Waals surface area contributed by atoms with E-state index in [-0.39, 0.29) is 17.8 Å². The molecule has 166 valence electrons. The van der Waals surface area contributed by atoms with Crippen molar-refractivity contribution in [2.45, 2.75) is 64.1 Å². The largest absolute Gasteiger partial charge is 0.469 e. The number of amides is 1. The van der Waals surface area contributed by atoms with Crippen LogP contribution in [0.2, 0.25) is 0 Å². The second kappa shape index (κ2) is 11.4. The first-order chi connectivity index (χ1) is 14.6. The van der Waals surface area contributed by atoms with Crippen molar-refractivity contribution < 1.29 is 14.3 Å². The number of hydrogen-bond donors (Lipinski definition) is 1. The monoisotopic (exact) mass is 416 g/mol. The molecule has 2 aliphatic rings. The summed E-state index contributed by atoms with van der Waals surface area (Å²) in [7, 11) is 1.45. The number of ether oxygens (including phenoxy) is 1. The quantitative estimate of drug-likeness (QED) is 0.655. The third-order valence-electron chi connectivity index (χ3n) is 6.72. The zero-order valence-electron chi connectivity index (χ0n) is 18.4. The number of pyridine rings is 1. The molecule has 7 nitrogen and oxygen atoms in total. The van der Waals surface area contributed by atoms with Gasteiger partial charge in [0.05, 0.1) is 7.11 Å². The summed E-state index contributed by atoms with van der Waals surface area (Å²) in [6.07, 6.45) is 9.11. The van der Waals surface area contributed by atoms with Crippen LogP contribution in [0.15, 0.2) is 24.5 Å². The van der Waals surface area contributed by atoms with E-state index in [9.17, 15) is 9.59 Å². The van der Waals surface area contributed by atoms with Crippen molar-refractivity contribution in [3.05, 3.63) is 30.1 Å². The predicted octanol–water partition coefficient (Wildman–Crippen LogP) is 2.22. The molecule has 3 heterocycles. The van der Waals surface area contributed by atoms with E-state index in [1.165, 1.54) is 20.0 Å². The third kappa shape index (κ3) is 6.51. The van der Waals surface area contributed by atoms with Crippen LogP contribution in [-0.4, -0.2) is 72.0 Å². The number of methoxy groups -OCH3 is 1. The molecule has 0 spiro atoms. The Morgan fingerprint density at radius 1 is 1.20 bits per heavy atom. The third-order valence-corrected chi connectivity index (χ3v) is 6.72. The number of nitrogens with one attached hydrogen (secondary N) is 1. The Bertz CT molecular complexity index is 668. The molecule has 0 unspecified atom stereocenters. The van der Waals surface area contributed by atoms with E-state index < -0.39 is 0 Å². The van der Waals surface area contributed by atoms with Crippen LogP contribution in [0.3, 0.4) is 0 Å². The number of aromatic nitrogens is 1. The number of piperidine rings is 2. The van der Waals surface area contributed by atoms with Crippen molar-refractivity contribution in [2.75, 3.05) is 33.3 Å². The van der Waals surface area contributed by atoms with E-state index in [1.54, 1.807) is 12.4 Å². The standard InChI is InChI=1S/C23H36N4O3/c1-18(5-6-22(28)30-2)26-14-9-21(10-15-26)27-12-7-20(8-13-27)23(29)25-17-19-4-3-11-24-16-19/h3-4,11,16,18,20-21H,5-10,12-15,17H2,1-2H3,(H,25,29)/t18-/m1/s1. The molecule has 1 atom stereocenters. The predicted molar refractivity (Wildman–Crippen MR) is 116 cm³/mol. The number of likely N-dealkylation sites (tertiary alicyclic amines) is 2. The van der Waals surface area contributed by atoms with E-state index in [4.69, 9.17) is 4.74 Å². The molecule has 3 rings (SSSR count).